The van der Waals surface area contributed by atoms with E-state index >= 15 is 4.79 Å². The van der Waals surface area contributed by atoms with Crippen LogP contribution in [-0.4, -0.2) is 83.9 Å². The first-order chi connectivity index (χ1) is 27.3. The van der Waals surface area contributed by atoms with Crippen LogP contribution < -0.4 is 14.2 Å². The van der Waals surface area contributed by atoms with Gasteiger partial charge in [-0.15, -0.1) is 0 Å². The minimum Gasteiger partial charge on any atom is -0.492 e. The lowest BCUT2D eigenvalue weighted by atomic mass is 9.79. The molecule has 6 rings (SSSR count). The Bertz CT molecular complexity index is 2040. The molecule has 0 spiro atoms. The number of allylic oxidation sites excluding steroid dienone is 2. The Kier molecular flexibility index (Phi) is 12.6. The number of nitrogens with zero attached hydrogens (tertiary/aromatic N) is 2. The third-order valence-corrected chi connectivity index (χ3v) is 14.9. The number of ketones is 1. The molecule has 2 aliphatic carbocycles. The zero-order valence-electron chi connectivity index (χ0n) is 34.3. The van der Waals surface area contributed by atoms with Gasteiger partial charge in [-0.05, 0) is 90.0 Å². The molecule has 0 bridgehead atoms. The molecule has 3 fully saturated rings. The predicted octanol–water partition coefficient (Wildman–Crippen LogP) is 6.94. The summed E-state index contributed by atoms with van der Waals surface area (Å²) < 4.78 is 72.9. The summed E-state index contributed by atoms with van der Waals surface area (Å²) in [5.41, 5.74) is -3.42. The van der Waals surface area contributed by atoms with Crippen LogP contribution in [0.1, 0.15) is 106 Å². The van der Waals surface area contributed by atoms with Crippen molar-refractivity contribution in [3.05, 3.63) is 42.6 Å². The summed E-state index contributed by atoms with van der Waals surface area (Å²) in [6.07, 6.45) is 4.47. The molecule has 0 unspecified atom stereocenters. The number of carbonyl (C=O) groups excluding carboxylic acids is 4. The van der Waals surface area contributed by atoms with Crippen molar-refractivity contribution < 1.29 is 50.6 Å². The van der Waals surface area contributed by atoms with Crippen molar-refractivity contribution in [3.8, 4) is 11.6 Å². The van der Waals surface area contributed by atoms with Gasteiger partial charge in [0.05, 0.1) is 47.9 Å². The summed E-state index contributed by atoms with van der Waals surface area (Å²) in [5, 5.41) is 1.42. The molecule has 4 aliphatic rings. The lowest BCUT2D eigenvalue weighted by Gasteiger charge is -2.34. The molecule has 2 amide bonds. The van der Waals surface area contributed by atoms with Crippen LogP contribution in [0.4, 0.5) is 8.78 Å². The number of halogens is 2. The summed E-state index contributed by atoms with van der Waals surface area (Å²) in [7, 11) is -4.00. The van der Waals surface area contributed by atoms with E-state index < -0.39 is 80.3 Å². The number of aromatic nitrogens is 1. The highest BCUT2D eigenvalue weighted by molar-refractivity contribution is 7.91. The van der Waals surface area contributed by atoms with Crippen molar-refractivity contribution in [3.63, 3.8) is 0 Å². The van der Waals surface area contributed by atoms with Crippen LogP contribution >= 0.6 is 0 Å². The number of nitrogens with one attached hydrogen (secondary N) is 1. The molecule has 2 aliphatic heterocycles. The maximum atomic E-state index is 15.0. The number of hydrogen-bond acceptors (Lipinski definition) is 10. The average molecular weight is 830 g/mol. The fourth-order valence-corrected chi connectivity index (χ4v) is 9.90. The van der Waals surface area contributed by atoms with Crippen LogP contribution in [0.5, 0.6) is 11.6 Å². The van der Waals surface area contributed by atoms with Gasteiger partial charge in [-0.2, -0.15) is 0 Å². The van der Waals surface area contributed by atoms with E-state index in [2.05, 4.69) is 9.71 Å². The normalized spacial score (nSPS) is 29.4. The standard InChI is InChI=1S/C43H57F2N3O9S/c1-7-27-19-26(3)13-9-10-14-28-22-43(28,40(52)47-58(53,54)42(6)17-18-42)23-34(49)33-20-29(56-37-31-16-12-11-15-30(31)35(24-46-37)55-8-2)25-48(33)38(51)32(27)21-36(50)57-41(4,5)39(44)45/h10-12,14-16,24,26-29,32-33,39H,7-9,13,17-23,25H2,1-6H3,(H,47,52)/b14-10-/t26-,27-,28-,29-,32+,33+,43-/m1/s1. The fourth-order valence-electron chi connectivity index (χ4n) is 8.56. The Balaban J connectivity index is 1.37. The Morgan fingerprint density at radius 2 is 1.81 bits per heavy atom. The van der Waals surface area contributed by atoms with Crippen LogP contribution in [-0.2, 0) is 33.9 Å². The second kappa shape index (κ2) is 16.8. The van der Waals surface area contributed by atoms with Gasteiger partial charge in [0.25, 0.3) is 6.43 Å². The molecule has 12 nitrogen and oxygen atoms in total. The summed E-state index contributed by atoms with van der Waals surface area (Å²) in [6, 6.07) is 6.30. The van der Waals surface area contributed by atoms with E-state index in [0.717, 1.165) is 25.7 Å². The lowest BCUT2D eigenvalue weighted by Crippen LogP contribution is -2.48. The predicted molar refractivity (Wildman–Crippen MR) is 213 cm³/mol. The first-order valence-corrected chi connectivity index (χ1v) is 22.1. The fraction of sp³-hybridized carbons (Fsp3) is 0.651. The van der Waals surface area contributed by atoms with Gasteiger partial charge < -0.3 is 19.1 Å². The van der Waals surface area contributed by atoms with Crippen LogP contribution in [0.2, 0.25) is 0 Å². The maximum absolute atomic E-state index is 15.0. The van der Waals surface area contributed by atoms with Crippen molar-refractivity contribution in [1.82, 2.24) is 14.6 Å². The number of esters is 1. The SMILES string of the molecule is CCOc1cnc(O[C@@H]2C[C@H]3C(=O)C[C@]4(C(=O)NS(=O)(=O)C5(C)CC5)C[C@H]4/C=C\CC[C@@H](C)C[C@@H](CC)[C@H](CC(=O)OC(C)(C)C(F)F)C(=O)N3C2)c2ccccc12. The number of pyridine rings is 1. The van der Waals surface area contributed by atoms with E-state index in [4.69, 9.17) is 14.2 Å². The highest BCUT2D eigenvalue weighted by atomic mass is 32.2. The number of alkyl halides is 2. The number of rotatable bonds is 12. The first kappa shape index (κ1) is 43.4. The Labute approximate surface area is 339 Å². The van der Waals surface area contributed by atoms with Gasteiger partial charge in [0.1, 0.15) is 11.9 Å². The van der Waals surface area contributed by atoms with Gasteiger partial charge in [-0.1, -0.05) is 50.6 Å². The third-order valence-electron chi connectivity index (χ3n) is 12.7. The van der Waals surface area contributed by atoms with E-state index in [9.17, 15) is 31.6 Å². The van der Waals surface area contributed by atoms with Gasteiger partial charge >= 0.3 is 5.97 Å². The van der Waals surface area contributed by atoms with Gasteiger partial charge in [-0.3, -0.25) is 23.9 Å². The number of fused-ring (bicyclic) bond motifs is 3. The smallest absolute Gasteiger partial charge is 0.307 e. The minimum absolute atomic E-state index is 0.0329. The molecule has 1 N–H and O–H groups in total. The molecule has 7 atom stereocenters. The zero-order chi connectivity index (χ0) is 42.2. The van der Waals surface area contributed by atoms with Gasteiger partial charge in [0.2, 0.25) is 27.7 Å². The van der Waals surface area contributed by atoms with Crippen molar-refractivity contribution in [1.29, 1.82) is 0 Å². The summed E-state index contributed by atoms with van der Waals surface area (Å²) >= 11 is 0. The van der Waals surface area contributed by atoms with Gasteiger partial charge in [-0.25, -0.2) is 22.2 Å². The topological polar surface area (TPSA) is 158 Å². The average Bonchev–Trinajstić information content (AvgIpc) is 4.05. The van der Waals surface area contributed by atoms with E-state index in [1.807, 2.05) is 57.2 Å². The molecule has 1 aromatic carbocycles. The molecule has 58 heavy (non-hydrogen) atoms. The molecular weight excluding hydrogens is 773 g/mol. The van der Waals surface area contributed by atoms with Gasteiger partial charge in [0.15, 0.2) is 11.4 Å². The van der Waals surface area contributed by atoms with Crippen molar-refractivity contribution >= 4 is 44.4 Å². The van der Waals surface area contributed by atoms with Crippen molar-refractivity contribution in [2.45, 2.75) is 135 Å². The number of sulfonamides is 1. The molecule has 2 aromatic rings. The minimum atomic E-state index is -4.00. The molecular formula is C43H57F2N3O9S. The van der Waals surface area contributed by atoms with Crippen molar-refractivity contribution in [2.24, 2.45) is 29.1 Å². The molecule has 1 aromatic heterocycles. The molecule has 15 heteroatoms. The van der Waals surface area contributed by atoms with E-state index in [1.54, 1.807) is 13.1 Å². The second-order valence-electron chi connectivity index (χ2n) is 17.6. The second-order valence-corrected chi connectivity index (χ2v) is 19.8. The molecule has 318 valence electrons. The number of carbonyl (C=O) groups is 4. The van der Waals surface area contributed by atoms with Crippen LogP contribution in [0.25, 0.3) is 10.8 Å². The summed E-state index contributed by atoms with van der Waals surface area (Å²) in [6.45, 7) is 10.00. The number of ether oxygens (including phenoxy) is 3. The summed E-state index contributed by atoms with van der Waals surface area (Å²) in [5.74, 6) is -3.47. The van der Waals surface area contributed by atoms with E-state index in [1.165, 1.54) is 4.90 Å². The molecule has 1 saturated heterocycles. The molecule has 3 heterocycles. The number of Topliss-reactive ketones (excluding diaryl/α,β-unsaturated/α-hetero) is 1. The third kappa shape index (κ3) is 9.03. The summed E-state index contributed by atoms with van der Waals surface area (Å²) in [4.78, 5) is 63.1. The number of amides is 2. The van der Waals surface area contributed by atoms with E-state index in [-0.39, 0.29) is 49.4 Å². The molecule has 0 radical (unpaired) electrons. The number of benzene rings is 1. The largest absolute Gasteiger partial charge is 0.492 e. The van der Waals surface area contributed by atoms with Crippen LogP contribution in [0, 0.1) is 29.1 Å². The Morgan fingerprint density at radius 3 is 2.47 bits per heavy atom. The highest BCUT2D eigenvalue weighted by Crippen LogP contribution is 2.58. The quantitative estimate of drug-likeness (QED) is 0.176. The Hall–Kier alpha value is -4.14. The highest BCUT2D eigenvalue weighted by Gasteiger charge is 2.63. The first-order valence-electron chi connectivity index (χ1n) is 20.6. The Morgan fingerprint density at radius 1 is 1.10 bits per heavy atom. The molecule has 2 saturated carbocycles. The van der Waals surface area contributed by atoms with Gasteiger partial charge in [0, 0.05) is 23.6 Å². The monoisotopic (exact) mass is 829 g/mol. The van der Waals surface area contributed by atoms with Crippen LogP contribution in [0.3, 0.4) is 0 Å². The van der Waals surface area contributed by atoms with Crippen molar-refractivity contribution in [2.75, 3.05) is 13.2 Å². The number of hydrogen-bond donors (Lipinski definition) is 1. The maximum Gasteiger partial charge on any atom is 0.307 e. The lowest BCUT2D eigenvalue weighted by molar-refractivity contribution is -0.174. The zero-order valence-corrected chi connectivity index (χ0v) is 35.1. The van der Waals surface area contributed by atoms with E-state index in [0.29, 0.717) is 49.8 Å². The van der Waals surface area contributed by atoms with Crippen LogP contribution in [0.15, 0.2) is 42.6 Å².